The van der Waals surface area contributed by atoms with Gasteiger partial charge in [0.1, 0.15) is 6.29 Å². The van der Waals surface area contributed by atoms with Crippen LogP contribution in [0, 0.1) is 6.92 Å². The third-order valence-electron chi connectivity index (χ3n) is 5.08. The molecule has 0 amide bonds. The average molecular weight is 363 g/mol. The third-order valence-corrected chi connectivity index (χ3v) is 5.08. The molecule has 0 saturated carbocycles. The SMILES string of the molecule is Cc1cc2[nH]c(CCCCC=O)c(CCc3ccccc3)c2cc1C(=O)O. The monoisotopic (exact) mass is 363 g/mol. The molecule has 0 aliphatic carbocycles. The van der Waals surface area contributed by atoms with Gasteiger partial charge >= 0.3 is 5.97 Å². The number of fused-ring (bicyclic) bond motifs is 1. The van der Waals surface area contributed by atoms with Crippen LogP contribution in [0.4, 0.5) is 0 Å². The zero-order valence-electron chi connectivity index (χ0n) is 15.6. The summed E-state index contributed by atoms with van der Waals surface area (Å²) in [6.07, 6.45) is 5.99. The minimum atomic E-state index is -0.892. The highest BCUT2D eigenvalue weighted by molar-refractivity contribution is 5.96. The number of aldehydes is 1. The topological polar surface area (TPSA) is 70.2 Å². The second-order valence-electron chi connectivity index (χ2n) is 7.00. The van der Waals surface area contributed by atoms with Gasteiger partial charge < -0.3 is 14.9 Å². The Kier molecular flexibility index (Phi) is 6.07. The number of unbranched alkanes of at least 4 members (excludes halogenated alkanes) is 2. The van der Waals surface area contributed by atoms with Gasteiger partial charge in [-0.05, 0) is 67.9 Å². The predicted octanol–water partition coefficient (Wildman–Crippen LogP) is 4.87. The Hall–Kier alpha value is -2.88. The highest BCUT2D eigenvalue weighted by Gasteiger charge is 2.16. The molecule has 0 saturated heterocycles. The van der Waals surface area contributed by atoms with E-state index in [4.69, 9.17) is 0 Å². The molecule has 1 heterocycles. The molecule has 27 heavy (non-hydrogen) atoms. The van der Waals surface area contributed by atoms with E-state index in [9.17, 15) is 14.7 Å². The number of hydrogen-bond acceptors (Lipinski definition) is 2. The summed E-state index contributed by atoms with van der Waals surface area (Å²) in [5, 5.41) is 10.5. The number of carbonyl (C=O) groups is 2. The zero-order chi connectivity index (χ0) is 19.2. The number of aromatic nitrogens is 1. The van der Waals surface area contributed by atoms with Crippen molar-refractivity contribution in [1.82, 2.24) is 4.98 Å². The van der Waals surface area contributed by atoms with Gasteiger partial charge in [0.25, 0.3) is 0 Å². The number of hydrogen-bond donors (Lipinski definition) is 2. The lowest BCUT2D eigenvalue weighted by Crippen LogP contribution is -2.00. The molecule has 140 valence electrons. The Bertz CT molecular complexity index is 941. The van der Waals surface area contributed by atoms with Crippen molar-refractivity contribution in [3.8, 4) is 0 Å². The number of benzene rings is 2. The summed E-state index contributed by atoms with van der Waals surface area (Å²) in [7, 11) is 0. The van der Waals surface area contributed by atoms with Crippen molar-refractivity contribution in [3.05, 3.63) is 70.4 Å². The van der Waals surface area contributed by atoms with Crippen molar-refractivity contribution in [2.24, 2.45) is 0 Å². The second kappa shape index (κ2) is 8.67. The van der Waals surface area contributed by atoms with Gasteiger partial charge in [-0.25, -0.2) is 4.79 Å². The van der Waals surface area contributed by atoms with E-state index in [-0.39, 0.29) is 0 Å². The van der Waals surface area contributed by atoms with Crippen LogP contribution >= 0.6 is 0 Å². The maximum Gasteiger partial charge on any atom is 0.335 e. The van der Waals surface area contributed by atoms with Crippen LogP contribution in [0.25, 0.3) is 10.9 Å². The zero-order valence-corrected chi connectivity index (χ0v) is 15.6. The molecule has 4 nitrogen and oxygen atoms in total. The summed E-state index contributed by atoms with van der Waals surface area (Å²) in [5.74, 6) is -0.892. The summed E-state index contributed by atoms with van der Waals surface area (Å²) in [6, 6.07) is 14.1. The highest BCUT2D eigenvalue weighted by Crippen LogP contribution is 2.28. The molecule has 3 rings (SSSR count). The number of carboxylic acids is 1. The van der Waals surface area contributed by atoms with Crippen molar-refractivity contribution >= 4 is 23.2 Å². The molecule has 0 unspecified atom stereocenters. The fourth-order valence-corrected chi connectivity index (χ4v) is 3.63. The van der Waals surface area contributed by atoms with Gasteiger partial charge in [0, 0.05) is 23.0 Å². The van der Waals surface area contributed by atoms with Gasteiger partial charge in [-0.1, -0.05) is 30.3 Å². The Morgan fingerprint density at radius 2 is 1.85 bits per heavy atom. The largest absolute Gasteiger partial charge is 0.478 e. The molecule has 2 N–H and O–H groups in total. The van der Waals surface area contributed by atoms with Gasteiger partial charge in [0.2, 0.25) is 0 Å². The fourth-order valence-electron chi connectivity index (χ4n) is 3.63. The molecule has 0 aliphatic rings. The lowest BCUT2D eigenvalue weighted by atomic mass is 9.97. The Balaban J connectivity index is 1.95. The van der Waals surface area contributed by atoms with Crippen LogP contribution in [-0.2, 0) is 24.1 Å². The van der Waals surface area contributed by atoms with Crippen molar-refractivity contribution in [2.45, 2.75) is 45.4 Å². The minimum absolute atomic E-state index is 0.356. The number of rotatable bonds is 9. The lowest BCUT2D eigenvalue weighted by Gasteiger charge is -2.06. The van der Waals surface area contributed by atoms with E-state index in [1.54, 1.807) is 6.07 Å². The molecule has 2 aromatic carbocycles. The van der Waals surface area contributed by atoms with Crippen LogP contribution in [-0.4, -0.2) is 22.3 Å². The van der Waals surface area contributed by atoms with E-state index in [2.05, 4.69) is 17.1 Å². The first-order valence-corrected chi connectivity index (χ1v) is 9.45. The van der Waals surface area contributed by atoms with Gasteiger partial charge in [-0.15, -0.1) is 0 Å². The molecule has 0 atom stereocenters. The van der Waals surface area contributed by atoms with Crippen molar-refractivity contribution in [3.63, 3.8) is 0 Å². The van der Waals surface area contributed by atoms with E-state index < -0.39 is 5.97 Å². The maximum absolute atomic E-state index is 11.6. The molecule has 4 heteroatoms. The highest BCUT2D eigenvalue weighted by atomic mass is 16.4. The molecular weight excluding hydrogens is 338 g/mol. The van der Waals surface area contributed by atoms with Crippen molar-refractivity contribution < 1.29 is 14.7 Å². The number of H-pyrrole nitrogens is 1. The van der Waals surface area contributed by atoms with Crippen molar-refractivity contribution in [1.29, 1.82) is 0 Å². The smallest absolute Gasteiger partial charge is 0.335 e. The van der Waals surface area contributed by atoms with Gasteiger partial charge in [-0.2, -0.15) is 0 Å². The molecule has 0 fully saturated rings. The standard InChI is InChI=1S/C23H25NO3/c1-16-14-22-20(15-19(16)23(26)27)18(12-11-17-8-4-2-5-9-17)21(24-22)10-6-3-7-13-25/h2,4-5,8-9,13-15,24H,3,6-7,10-12H2,1H3,(H,26,27). The van der Waals surface area contributed by atoms with Crippen LogP contribution in [0.5, 0.6) is 0 Å². The first-order valence-electron chi connectivity index (χ1n) is 9.45. The maximum atomic E-state index is 11.6. The van der Waals surface area contributed by atoms with Crippen LogP contribution in [0.3, 0.4) is 0 Å². The van der Waals surface area contributed by atoms with E-state index in [1.807, 2.05) is 31.2 Å². The second-order valence-corrected chi connectivity index (χ2v) is 7.00. The van der Waals surface area contributed by atoms with Crippen LogP contribution in [0.2, 0.25) is 0 Å². The van der Waals surface area contributed by atoms with Gasteiger partial charge in [-0.3, -0.25) is 0 Å². The predicted molar refractivity (Wildman–Crippen MR) is 107 cm³/mol. The average Bonchev–Trinajstić information content (AvgIpc) is 2.99. The van der Waals surface area contributed by atoms with Crippen LogP contribution < -0.4 is 0 Å². The van der Waals surface area contributed by atoms with Gasteiger partial charge in [0.15, 0.2) is 0 Å². The molecule has 0 radical (unpaired) electrons. The molecule has 0 bridgehead atoms. The molecule has 0 aliphatic heterocycles. The Labute approximate surface area is 159 Å². The summed E-state index contributed by atoms with van der Waals surface area (Å²) < 4.78 is 0. The molecule has 1 aromatic heterocycles. The van der Waals surface area contributed by atoms with Crippen LogP contribution in [0.1, 0.15) is 52.0 Å². The normalized spacial score (nSPS) is 11.0. The first kappa shape index (κ1) is 18.9. The summed E-state index contributed by atoms with van der Waals surface area (Å²) >= 11 is 0. The van der Waals surface area contributed by atoms with Crippen molar-refractivity contribution in [2.75, 3.05) is 0 Å². The van der Waals surface area contributed by atoms with Crippen LogP contribution in [0.15, 0.2) is 42.5 Å². The van der Waals surface area contributed by atoms with E-state index in [0.29, 0.717) is 12.0 Å². The summed E-state index contributed by atoms with van der Waals surface area (Å²) in [5.41, 5.74) is 5.74. The lowest BCUT2D eigenvalue weighted by molar-refractivity contribution is -0.107. The van der Waals surface area contributed by atoms with E-state index in [1.165, 1.54) is 11.1 Å². The Morgan fingerprint density at radius 1 is 1.07 bits per heavy atom. The third kappa shape index (κ3) is 4.45. The number of aryl methyl sites for hydroxylation is 4. The number of aromatic carboxylic acids is 1. The van der Waals surface area contributed by atoms with E-state index in [0.717, 1.165) is 60.6 Å². The quantitative estimate of drug-likeness (QED) is 0.421. The molecular formula is C23H25NO3. The summed E-state index contributed by atoms with van der Waals surface area (Å²) in [6.45, 7) is 1.83. The number of carbonyl (C=O) groups excluding carboxylic acids is 1. The molecule has 0 spiro atoms. The minimum Gasteiger partial charge on any atom is -0.478 e. The summed E-state index contributed by atoms with van der Waals surface area (Å²) in [4.78, 5) is 25.6. The number of carboxylic acid groups (broad SMARTS) is 1. The van der Waals surface area contributed by atoms with E-state index >= 15 is 0 Å². The molecule has 3 aromatic rings. The van der Waals surface area contributed by atoms with Gasteiger partial charge in [0.05, 0.1) is 5.56 Å². The number of aromatic amines is 1. The fraction of sp³-hybridized carbons (Fsp3) is 0.304. The number of nitrogens with one attached hydrogen (secondary N) is 1. The Morgan fingerprint density at radius 3 is 2.56 bits per heavy atom. The first-order chi connectivity index (χ1) is 13.1.